The molecule has 1 atom stereocenters. The average Bonchev–Trinajstić information content (AvgIpc) is 2.17. The Bertz CT molecular complexity index is 344. The summed E-state index contributed by atoms with van der Waals surface area (Å²) in [4.78, 5) is 0. The van der Waals surface area contributed by atoms with Crippen LogP contribution >= 0.6 is 0 Å². The Balaban J connectivity index is 2.40. The van der Waals surface area contributed by atoms with E-state index in [1.165, 1.54) is 11.1 Å². The first-order valence-electron chi connectivity index (χ1n) is 4.40. The van der Waals surface area contributed by atoms with Crippen LogP contribution in [0.2, 0.25) is 0 Å². The van der Waals surface area contributed by atoms with Crippen LogP contribution in [0.4, 0.5) is 0 Å². The van der Waals surface area contributed by atoms with E-state index in [2.05, 4.69) is 12.1 Å². The second-order valence-electron chi connectivity index (χ2n) is 3.29. The number of fused-ring (bicyclic) bond motifs is 1. The normalized spacial score (nSPS) is 19.7. The van der Waals surface area contributed by atoms with Crippen molar-refractivity contribution < 1.29 is 4.74 Å². The van der Waals surface area contributed by atoms with Gasteiger partial charge in [0.25, 0.3) is 0 Å². The highest BCUT2D eigenvalue weighted by atomic mass is 16.5. The zero-order chi connectivity index (χ0) is 9.26. The molecule has 0 radical (unpaired) electrons. The molecule has 1 aliphatic rings. The number of ether oxygens (including phenoxy) is 1. The van der Waals surface area contributed by atoms with Gasteiger partial charge in [-0.25, -0.2) is 0 Å². The summed E-state index contributed by atoms with van der Waals surface area (Å²) in [5.74, 6) is 0.902. The van der Waals surface area contributed by atoms with Crippen LogP contribution in [-0.4, -0.2) is 13.2 Å². The van der Waals surface area contributed by atoms with Gasteiger partial charge in [0.2, 0.25) is 0 Å². The molecule has 0 aliphatic heterocycles. The molecule has 0 amide bonds. The van der Waals surface area contributed by atoms with Crippen LogP contribution in [-0.2, 0) is 6.42 Å². The van der Waals surface area contributed by atoms with Crippen LogP contribution in [0.25, 0.3) is 6.08 Å². The molecule has 0 spiro atoms. The van der Waals surface area contributed by atoms with Crippen molar-refractivity contribution >= 4 is 6.08 Å². The lowest BCUT2D eigenvalue weighted by Crippen LogP contribution is -2.22. The van der Waals surface area contributed by atoms with Gasteiger partial charge in [0, 0.05) is 6.04 Å². The van der Waals surface area contributed by atoms with Gasteiger partial charge in [0.15, 0.2) is 0 Å². The summed E-state index contributed by atoms with van der Waals surface area (Å²) in [5.41, 5.74) is 8.33. The van der Waals surface area contributed by atoms with E-state index in [0.29, 0.717) is 0 Å². The van der Waals surface area contributed by atoms with Gasteiger partial charge in [-0.2, -0.15) is 0 Å². The van der Waals surface area contributed by atoms with Gasteiger partial charge in [0.1, 0.15) is 5.75 Å². The van der Waals surface area contributed by atoms with Crippen molar-refractivity contribution in [2.45, 2.75) is 12.5 Å². The Morgan fingerprint density at radius 3 is 3.08 bits per heavy atom. The minimum absolute atomic E-state index is 0.167. The Morgan fingerprint density at radius 2 is 2.31 bits per heavy atom. The van der Waals surface area contributed by atoms with Gasteiger partial charge in [-0.3, -0.25) is 0 Å². The molecule has 1 aromatic rings. The fourth-order valence-corrected chi connectivity index (χ4v) is 1.59. The lowest BCUT2D eigenvalue weighted by molar-refractivity contribution is 0.414. The molecule has 1 aromatic carbocycles. The molecular weight excluding hydrogens is 162 g/mol. The van der Waals surface area contributed by atoms with Gasteiger partial charge in [-0.05, 0) is 29.7 Å². The van der Waals surface area contributed by atoms with Crippen LogP contribution in [0.1, 0.15) is 11.1 Å². The van der Waals surface area contributed by atoms with Crippen molar-refractivity contribution in [1.29, 1.82) is 0 Å². The van der Waals surface area contributed by atoms with E-state index in [4.69, 9.17) is 10.5 Å². The van der Waals surface area contributed by atoms with Crippen molar-refractivity contribution in [3.05, 3.63) is 35.4 Å². The van der Waals surface area contributed by atoms with E-state index in [9.17, 15) is 0 Å². The largest absolute Gasteiger partial charge is 0.497 e. The standard InChI is InChI=1S/C11H13NO/c1-13-11-5-3-8-6-10(12)4-2-9(8)7-11/h2-5,7,10H,6,12H2,1H3. The van der Waals surface area contributed by atoms with Crippen molar-refractivity contribution in [2.75, 3.05) is 7.11 Å². The molecule has 2 rings (SSSR count). The zero-order valence-electron chi connectivity index (χ0n) is 7.66. The maximum atomic E-state index is 5.80. The molecule has 2 heteroatoms. The summed E-state index contributed by atoms with van der Waals surface area (Å²) in [5, 5.41) is 0. The molecule has 13 heavy (non-hydrogen) atoms. The summed E-state index contributed by atoms with van der Waals surface area (Å²) in [6, 6.07) is 6.26. The molecule has 2 nitrogen and oxygen atoms in total. The molecule has 0 saturated carbocycles. The Labute approximate surface area is 78.0 Å². The predicted octanol–water partition coefficient (Wildman–Crippen LogP) is 1.59. The van der Waals surface area contributed by atoms with Crippen molar-refractivity contribution in [3.63, 3.8) is 0 Å². The number of benzene rings is 1. The molecule has 0 bridgehead atoms. The second-order valence-corrected chi connectivity index (χ2v) is 3.29. The van der Waals surface area contributed by atoms with Crippen LogP contribution in [0.15, 0.2) is 24.3 Å². The van der Waals surface area contributed by atoms with Gasteiger partial charge in [-0.15, -0.1) is 0 Å². The highest BCUT2D eigenvalue weighted by molar-refractivity contribution is 5.59. The molecule has 2 N–H and O–H groups in total. The molecule has 0 heterocycles. The monoisotopic (exact) mass is 175 g/mol. The first-order valence-corrected chi connectivity index (χ1v) is 4.40. The Kier molecular flexibility index (Phi) is 2.07. The fraction of sp³-hybridized carbons (Fsp3) is 0.273. The van der Waals surface area contributed by atoms with Gasteiger partial charge in [0.05, 0.1) is 7.11 Å². The van der Waals surface area contributed by atoms with Crippen molar-refractivity contribution in [3.8, 4) is 5.75 Å². The topological polar surface area (TPSA) is 35.2 Å². The predicted molar refractivity (Wildman–Crippen MR) is 53.7 cm³/mol. The van der Waals surface area contributed by atoms with E-state index < -0.39 is 0 Å². The first-order chi connectivity index (χ1) is 6.29. The maximum absolute atomic E-state index is 5.80. The number of nitrogens with two attached hydrogens (primary N) is 1. The Hall–Kier alpha value is -1.28. The quantitative estimate of drug-likeness (QED) is 0.703. The molecule has 1 aliphatic carbocycles. The summed E-state index contributed by atoms with van der Waals surface area (Å²) < 4.78 is 5.14. The number of rotatable bonds is 1. The molecule has 0 fully saturated rings. The second kappa shape index (κ2) is 3.23. The van der Waals surface area contributed by atoms with E-state index in [1.54, 1.807) is 7.11 Å². The van der Waals surface area contributed by atoms with Crippen LogP contribution in [0.5, 0.6) is 5.75 Å². The molecule has 0 aromatic heterocycles. The van der Waals surface area contributed by atoms with E-state index in [1.807, 2.05) is 18.2 Å². The third-order valence-electron chi connectivity index (χ3n) is 2.33. The van der Waals surface area contributed by atoms with Crippen LogP contribution in [0.3, 0.4) is 0 Å². The van der Waals surface area contributed by atoms with E-state index in [-0.39, 0.29) is 6.04 Å². The summed E-state index contributed by atoms with van der Waals surface area (Å²) in [6.07, 6.45) is 5.02. The molecule has 68 valence electrons. The summed E-state index contributed by atoms with van der Waals surface area (Å²) in [7, 11) is 1.68. The van der Waals surface area contributed by atoms with Gasteiger partial charge >= 0.3 is 0 Å². The number of methoxy groups -OCH3 is 1. The first kappa shape index (κ1) is 8.32. The van der Waals surface area contributed by atoms with E-state index in [0.717, 1.165) is 12.2 Å². The smallest absolute Gasteiger partial charge is 0.119 e. The zero-order valence-corrected chi connectivity index (χ0v) is 7.66. The van der Waals surface area contributed by atoms with Gasteiger partial charge in [-0.1, -0.05) is 18.2 Å². The van der Waals surface area contributed by atoms with E-state index >= 15 is 0 Å². The SMILES string of the molecule is COc1ccc2c(c1)C=CC(N)C2. The van der Waals surface area contributed by atoms with Crippen LogP contribution in [0, 0.1) is 0 Å². The third kappa shape index (κ3) is 1.58. The average molecular weight is 175 g/mol. The summed E-state index contributed by atoms with van der Waals surface area (Å²) in [6.45, 7) is 0. The highest BCUT2D eigenvalue weighted by Gasteiger charge is 2.10. The minimum atomic E-state index is 0.167. The highest BCUT2D eigenvalue weighted by Crippen LogP contribution is 2.23. The maximum Gasteiger partial charge on any atom is 0.119 e. The number of hydrogen-bond donors (Lipinski definition) is 1. The fourth-order valence-electron chi connectivity index (χ4n) is 1.59. The summed E-state index contributed by atoms with van der Waals surface area (Å²) >= 11 is 0. The molecule has 1 unspecified atom stereocenters. The minimum Gasteiger partial charge on any atom is -0.497 e. The van der Waals surface area contributed by atoms with Crippen LogP contribution < -0.4 is 10.5 Å². The molecule has 0 saturated heterocycles. The van der Waals surface area contributed by atoms with Crippen molar-refractivity contribution in [1.82, 2.24) is 0 Å². The van der Waals surface area contributed by atoms with Crippen molar-refractivity contribution in [2.24, 2.45) is 5.73 Å². The van der Waals surface area contributed by atoms with Gasteiger partial charge < -0.3 is 10.5 Å². The third-order valence-corrected chi connectivity index (χ3v) is 2.33. The number of hydrogen-bond acceptors (Lipinski definition) is 2. The molecular formula is C11H13NO. The Morgan fingerprint density at radius 1 is 1.46 bits per heavy atom. The lowest BCUT2D eigenvalue weighted by Gasteiger charge is -2.16. The lowest BCUT2D eigenvalue weighted by atomic mass is 9.94.